The van der Waals surface area contributed by atoms with Gasteiger partial charge in [-0.15, -0.1) is 0 Å². The molecule has 1 N–H and O–H groups in total. The van der Waals surface area contributed by atoms with Crippen molar-refractivity contribution >= 4 is 0 Å². The van der Waals surface area contributed by atoms with Crippen LogP contribution in [0.1, 0.15) is 38.8 Å². The average Bonchev–Trinajstić information content (AvgIpc) is 2.28. The predicted octanol–water partition coefficient (Wildman–Crippen LogP) is 3.98. The van der Waals surface area contributed by atoms with E-state index in [1.807, 2.05) is 19.1 Å². The molecule has 0 aromatic heterocycles. The molecule has 1 unspecified atom stereocenters. The highest BCUT2D eigenvalue weighted by atomic mass is 19.3. The molecule has 0 saturated carbocycles. The molecule has 2 nitrogen and oxygen atoms in total. The lowest BCUT2D eigenvalue weighted by molar-refractivity contribution is -0.0507. The quantitative estimate of drug-likeness (QED) is 0.797. The molecule has 4 heteroatoms. The lowest BCUT2D eigenvalue weighted by Crippen LogP contribution is -2.23. The van der Waals surface area contributed by atoms with Gasteiger partial charge < -0.3 is 10.1 Å². The van der Waals surface area contributed by atoms with Gasteiger partial charge in [0.15, 0.2) is 0 Å². The van der Waals surface area contributed by atoms with Crippen molar-refractivity contribution in [3.8, 4) is 5.75 Å². The number of alkyl halides is 2. The van der Waals surface area contributed by atoms with Crippen LogP contribution in [0.15, 0.2) is 24.3 Å². The van der Waals surface area contributed by atoms with E-state index >= 15 is 0 Å². The summed E-state index contributed by atoms with van der Waals surface area (Å²) in [5, 5.41) is 3.32. The minimum absolute atomic E-state index is 0.0462. The molecule has 18 heavy (non-hydrogen) atoms. The Bertz CT molecular complexity index is 355. The molecule has 0 heterocycles. The summed E-state index contributed by atoms with van der Waals surface area (Å²) in [5.41, 5.74) is 0.799. The van der Waals surface area contributed by atoms with E-state index in [0.29, 0.717) is 5.92 Å². The number of hydrogen-bond acceptors (Lipinski definition) is 2. The highest BCUT2D eigenvalue weighted by molar-refractivity contribution is 5.36. The molecule has 0 spiro atoms. The zero-order chi connectivity index (χ0) is 13.5. The molecule has 0 aliphatic rings. The Morgan fingerprint density at radius 3 is 2.44 bits per heavy atom. The Morgan fingerprint density at radius 1 is 1.22 bits per heavy atom. The second-order valence-corrected chi connectivity index (χ2v) is 4.66. The van der Waals surface area contributed by atoms with Crippen LogP contribution in [0.4, 0.5) is 8.78 Å². The van der Waals surface area contributed by atoms with Crippen molar-refractivity contribution in [3.63, 3.8) is 0 Å². The average molecular weight is 257 g/mol. The first kappa shape index (κ1) is 14.9. The zero-order valence-electron chi connectivity index (χ0n) is 11.1. The van der Waals surface area contributed by atoms with Gasteiger partial charge in [-0.1, -0.05) is 39.0 Å². The van der Waals surface area contributed by atoms with Crippen molar-refractivity contribution in [2.75, 3.05) is 6.54 Å². The first-order valence-electron chi connectivity index (χ1n) is 6.31. The smallest absolute Gasteiger partial charge is 0.387 e. The standard InChI is InChI=1S/C14H21F2NO/c1-4-17-12(9-10(2)3)11-7-5-6-8-13(11)18-14(15)16/h5-8,10,12,14,17H,4,9H2,1-3H3. The van der Waals surface area contributed by atoms with Gasteiger partial charge in [0.25, 0.3) is 0 Å². The summed E-state index contributed by atoms with van der Waals surface area (Å²) in [6.45, 7) is 4.24. The van der Waals surface area contributed by atoms with Crippen LogP contribution in [-0.4, -0.2) is 13.2 Å². The van der Waals surface area contributed by atoms with Crippen molar-refractivity contribution in [2.45, 2.75) is 39.8 Å². The second kappa shape index (κ2) is 7.31. The minimum atomic E-state index is -2.78. The van der Waals surface area contributed by atoms with E-state index in [-0.39, 0.29) is 11.8 Å². The first-order chi connectivity index (χ1) is 8.54. The van der Waals surface area contributed by atoms with Gasteiger partial charge in [0.2, 0.25) is 0 Å². The SMILES string of the molecule is CCNC(CC(C)C)c1ccccc1OC(F)F. The van der Waals surface area contributed by atoms with Gasteiger partial charge in [-0.05, 0) is 24.9 Å². The third-order valence-corrected chi connectivity index (χ3v) is 2.67. The van der Waals surface area contributed by atoms with Crippen LogP contribution in [0, 0.1) is 5.92 Å². The maximum absolute atomic E-state index is 12.4. The third-order valence-electron chi connectivity index (χ3n) is 2.67. The lowest BCUT2D eigenvalue weighted by Gasteiger charge is -2.22. The maximum Gasteiger partial charge on any atom is 0.387 e. The molecule has 1 aromatic rings. The van der Waals surface area contributed by atoms with E-state index in [4.69, 9.17) is 0 Å². The van der Waals surface area contributed by atoms with Gasteiger partial charge in [0, 0.05) is 11.6 Å². The maximum atomic E-state index is 12.4. The lowest BCUT2D eigenvalue weighted by atomic mass is 9.96. The number of halogens is 2. The van der Waals surface area contributed by atoms with E-state index in [9.17, 15) is 8.78 Å². The van der Waals surface area contributed by atoms with E-state index in [0.717, 1.165) is 18.5 Å². The summed E-state index contributed by atoms with van der Waals surface area (Å²) in [4.78, 5) is 0. The fourth-order valence-electron chi connectivity index (χ4n) is 2.01. The van der Waals surface area contributed by atoms with Crippen molar-refractivity contribution < 1.29 is 13.5 Å². The minimum Gasteiger partial charge on any atom is -0.434 e. The van der Waals surface area contributed by atoms with Crippen LogP contribution >= 0.6 is 0 Å². The summed E-state index contributed by atoms with van der Waals surface area (Å²) in [6, 6.07) is 7.03. The fraction of sp³-hybridized carbons (Fsp3) is 0.571. The Labute approximate surface area is 107 Å². The Hall–Kier alpha value is -1.16. The van der Waals surface area contributed by atoms with Gasteiger partial charge in [-0.25, -0.2) is 0 Å². The predicted molar refractivity (Wildman–Crippen MR) is 68.9 cm³/mol. The molecule has 1 aromatic carbocycles. The third kappa shape index (κ3) is 4.61. The molecule has 0 bridgehead atoms. The van der Waals surface area contributed by atoms with Gasteiger partial charge in [-0.2, -0.15) is 8.78 Å². The topological polar surface area (TPSA) is 21.3 Å². The van der Waals surface area contributed by atoms with Crippen molar-refractivity contribution in [1.29, 1.82) is 0 Å². The number of benzene rings is 1. The van der Waals surface area contributed by atoms with E-state index in [1.165, 1.54) is 0 Å². The highest BCUT2D eigenvalue weighted by Gasteiger charge is 2.18. The molecule has 0 aliphatic heterocycles. The molecule has 0 amide bonds. The summed E-state index contributed by atoms with van der Waals surface area (Å²) in [5.74, 6) is 0.743. The van der Waals surface area contributed by atoms with Crippen molar-refractivity contribution in [2.24, 2.45) is 5.92 Å². The Balaban J connectivity index is 2.94. The van der Waals surface area contributed by atoms with Gasteiger partial charge in [-0.3, -0.25) is 0 Å². The Morgan fingerprint density at radius 2 is 1.89 bits per heavy atom. The molecule has 102 valence electrons. The van der Waals surface area contributed by atoms with Gasteiger partial charge in [0.1, 0.15) is 5.75 Å². The van der Waals surface area contributed by atoms with Crippen LogP contribution in [0.3, 0.4) is 0 Å². The molecular weight excluding hydrogens is 236 g/mol. The molecule has 0 saturated heterocycles. The monoisotopic (exact) mass is 257 g/mol. The van der Waals surface area contributed by atoms with Gasteiger partial charge >= 0.3 is 6.61 Å². The van der Waals surface area contributed by atoms with Crippen LogP contribution in [0.5, 0.6) is 5.75 Å². The fourth-order valence-corrected chi connectivity index (χ4v) is 2.01. The molecule has 0 radical (unpaired) electrons. The number of hydrogen-bond donors (Lipinski definition) is 1. The Kier molecular flexibility index (Phi) is 6.05. The molecule has 0 fully saturated rings. The zero-order valence-corrected chi connectivity index (χ0v) is 11.1. The van der Waals surface area contributed by atoms with Gasteiger partial charge in [0.05, 0.1) is 0 Å². The summed E-state index contributed by atoms with van der Waals surface area (Å²) >= 11 is 0. The van der Waals surface area contributed by atoms with E-state index in [2.05, 4.69) is 23.9 Å². The second-order valence-electron chi connectivity index (χ2n) is 4.66. The number of para-hydroxylation sites is 1. The first-order valence-corrected chi connectivity index (χ1v) is 6.31. The summed E-state index contributed by atoms with van der Waals surface area (Å²) < 4.78 is 29.3. The van der Waals surface area contributed by atoms with Crippen molar-refractivity contribution in [1.82, 2.24) is 5.32 Å². The molecular formula is C14H21F2NO. The molecule has 1 atom stereocenters. The van der Waals surface area contributed by atoms with Crippen LogP contribution in [0.25, 0.3) is 0 Å². The van der Waals surface area contributed by atoms with Crippen molar-refractivity contribution in [3.05, 3.63) is 29.8 Å². The van der Waals surface area contributed by atoms with Crippen LogP contribution in [-0.2, 0) is 0 Å². The molecule has 0 aliphatic carbocycles. The van der Waals surface area contributed by atoms with Crippen LogP contribution < -0.4 is 10.1 Å². The van der Waals surface area contributed by atoms with E-state index < -0.39 is 6.61 Å². The number of ether oxygens (including phenoxy) is 1. The number of nitrogens with one attached hydrogen (secondary N) is 1. The molecule has 1 rings (SSSR count). The van der Waals surface area contributed by atoms with E-state index in [1.54, 1.807) is 12.1 Å². The summed E-state index contributed by atoms with van der Waals surface area (Å²) in [7, 11) is 0. The normalized spacial score (nSPS) is 13.1. The number of rotatable bonds is 7. The summed E-state index contributed by atoms with van der Waals surface area (Å²) in [6.07, 6.45) is 0.886. The largest absolute Gasteiger partial charge is 0.434 e. The van der Waals surface area contributed by atoms with Crippen LogP contribution in [0.2, 0.25) is 0 Å². The highest BCUT2D eigenvalue weighted by Crippen LogP contribution is 2.30.